The highest BCUT2D eigenvalue weighted by atomic mass is 16.5. The molecule has 8 nitrogen and oxygen atoms in total. The molecule has 3 rings (SSSR count). The Hall–Kier alpha value is -3.13. The molecule has 8 heteroatoms. The van der Waals surface area contributed by atoms with Gasteiger partial charge in [0.05, 0.1) is 18.8 Å². The largest absolute Gasteiger partial charge is 0.481 e. The van der Waals surface area contributed by atoms with Crippen molar-refractivity contribution in [1.82, 2.24) is 9.47 Å². The number of morpholine rings is 1. The topological polar surface area (TPSA) is 89.9 Å². The van der Waals surface area contributed by atoms with Crippen molar-refractivity contribution in [2.24, 2.45) is 7.05 Å². The molecule has 1 aliphatic rings. The number of rotatable bonds is 5. The summed E-state index contributed by atoms with van der Waals surface area (Å²) in [4.78, 5) is 39.2. The van der Waals surface area contributed by atoms with E-state index in [1.807, 2.05) is 6.07 Å². The van der Waals surface area contributed by atoms with Gasteiger partial charge < -0.3 is 24.3 Å². The van der Waals surface area contributed by atoms with Gasteiger partial charge in [0, 0.05) is 26.3 Å². The second-order valence-corrected chi connectivity index (χ2v) is 6.53. The fraction of sp³-hybridized carbons (Fsp3) is 0.350. The molecule has 28 heavy (non-hydrogen) atoms. The number of carbonyl (C=O) groups excluding carboxylic acids is 2. The van der Waals surface area contributed by atoms with Crippen LogP contribution in [0, 0.1) is 0 Å². The van der Waals surface area contributed by atoms with Crippen LogP contribution in [0.3, 0.4) is 0 Å². The van der Waals surface area contributed by atoms with Gasteiger partial charge in [0.25, 0.3) is 17.4 Å². The molecule has 1 atom stereocenters. The van der Waals surface area contributed by atoms with Crippen molar-refractivity contribution in [3.05, 3.63) is 58.5 Å². The number of benzene rings is 1. The van der Waals surface area contributed by atoms with Crippen LogP contribution >= 0.6 is 0 Å². The van der Waals surface area contributed by atoms with Crippen molar-refractivity contribution in [2.75, 3.05) is 31.6 Å². The number of nitrogens with zero attached hydrogens (tertiary/aromatic N) is 2. The number of pyridine rings is 1. The first kappa shape index (κ1) is 19.6. The summed E-state index contributed by atoms with van der Waals surface area (Å²) in [5.74, 6) is -0.130. The highest BCUT2D eigenvalue weighted by Gasteiger charge is 2.22. The van der Waals surface area contributed by atoms with Gasteiger partial charge in [-0.3, -0.25) is 14.4 Å². The Labute approximate surface area is 162 Å². The molecule has 1 fully saturated rings. The van der Waals surface area contributed by atoms with Gasteiger partial charge in [-0.1, -0.05) is 18.2 Å². The van der Waals surface area contributed by atoms with Gasteiger partial charge >= 0.3 is 0 Å². The second-order valence-electron chi connectivity index (χ2n) is 6.53. The Bertz CT molecular complexity index is 904. The van der Waals surface area contributed by atoms with Crippen LogP contribution in [0.15, 0.2) is 47.4 Å². The minimum atomic E-state index is -0.814. The maximum Gasteiger partial charge on any atom is 0.274 e. The van der Waals surface area contributed by atoms with Crippen LogP contribution in [-0.4, -0.2) is 53.7 Å². The summed E-state index contributed by atoms with van der Waals surface area (Å²) >= 11 is 0. The van der Waals surface area contributed by atoms with Gasteiger partial charge in [0.2, 0.25) is 0 Å². The van der Waals surface area contributed by atoms with Crippen molar-refractivity contribution in [2.45, 2.75) is 13.0 Å². The number of hydrogen-bond acceptors (Lipinski definition) is 5. The predicted molar refractivity (Wildman–Crippen MR) is 104 cm³/mol. The Morgan fingerprint density at radius 1 is 1.18 bits per heavy atom. The van der Waals surface area contributed by atoms with Crippen LogP contribution < -0.4 is 15.6 Å². The normalized spacial score (nSPS) is 15.0. The second kappa shape index (κ2) is 8.71. The van der Waals surface area contributed by atoms with Gasteiger partial charge in [0.1, 0.15) is 11.4 Å². The van der Waals surface area contributed by atoms with E-state index in [1.165, 1.54) is 23.9 Å². The highest BCUT2D eigenvalue weighted by molar-refractivity contribution is 5.98. The number of anilines is 1. The smallest absolute Gasteiger partial charge is 0.274 e. The third-order valence-corrected chi connectivity index (χ3v) is 4.41. The van der Waals surface area contributed by atoms with Crippen LogP contribution in [0.5, 0.6) is 5.75 Å². The van der Waals surface area contributed by atoms with Gasteiger partial charge in [0.15, 0.2) is 6.10 Å². The van der Waals surface area contributed by atoms with Crippen molar-refractivity contribution < 1.29 is 19.1 Å². The number of para-hydroxylation sites is 1. The number of aromatic nitrogens is 1. The molecule has 0 aliphatic carbocycles. The Morgan fingerprint density at radius 3 is 2.54 bits per heavy atom. The summed E-state index contributed by atoms with van der Waals surface area (Å²) in [6, 6.07) is 10.3. The minimum Gasteiger partial charge on any atom is -0.481 e. The average Bonchev–Trinajstić information content (AvgIpc) is 2.72. The fourth-order valence-corrected chi connectivity index (χ4v) is 2.86. The summed E-state index contributed by atoms with van der Waals surface area (Å²) in [5.41, 5.74) is -0.0372. The molecule has 1 saturated heterocycles. The molecule has 1 aromatic heterocycles. The number of carbonyl (C=O) groups is 2. The predicted octanol–water partition coefficient (Wildman–Crippen LogP) is 1.26. The lowest BCUT2D eigenvalue weighted by atomic mass is 10.2. The zero-order valence-corrected chi connectivity index (χ0v) is 15.9. The van der Waals surface area contributed by atoms with Crippen molar-refractivity contribution >= 4 is 17.5 Å². The molecule has 1 unspecified atom stereocenters. The van der Waals surface area contributed by atoms with Gasteiger partial charge in [-0.2, -0.15) is 0 Å². The minimum absolute atomic E-state index is 0.0371. The lowest BCUT2D eigenvalue weighted by molar-refractivity contribution is -0.122. The van der Waals surface area contributed by atoms with E-state index in [9.17, 15) is 14.4 Å². The van der Waals surface area contributed by atoms with E-state index in [-0.39, 0.29) is 11.6 Å². The van der Waals surface area contributed by atoms with E-state index in [1.54, 1.807) is 36.1 Å². The number of ether oxygens (including phenoxy) is 2. The molecule has 0 saturated carbocycles. The van der Waals surface area contributed by atoms with Crippen LogP contribution in [-0.2, 0) is 16.6 Å². The third kappa shape index (κ3) is 4.58. The average molecular weight is 385 g/mol. The first-order chi connectivity index (χ1) is 13.5. The Kier molecular flexibility index (Phi) is 6.10. The lowest BCUT2D eigenvalue weighted by Crippen LogP contribution is -2.41. The van der Waals surface area contributed by atoms with Gasteiger partial charge in [-0.15, -0.1) is 0 Å². The maximum absolute atomic E-state index is 12.7. The molecular formula is C20H23N3O5. The van der Waals surface area contributed by atoms with Crippen LogP contribution in [0.4, 0.5) is 5.69 Å². The van der Waals surface area contributed by atoms with E-state index in [2.05, 4.69) is 5.32 Å². The number of nitrogens with one attached hydrogen (secondary N) is 1. The third-order valence-electron chi connectivity index (χ3n) is 4.41. The zero-order valence-electron chi connectivity index (χ0n) is 15.9. The zero-order chi connectivity index (χ0) is 20.1. The molecule has 0 radical (unpaired) electrons. The van der Waals surface area contributed by atoms with Crippen molar-refractivity contribution in [3.63, 3.8) is 0 Å². The summed E-state index contributed by atoms with van der Waals surface area (Å²) in [5, 5.41) is 2.58. The summed E-state index contributed by atoms with van der Waals surface area (Å²) in [6.07, 6.45) is 0.658. The summed E-state index contributed by atoms with van der Waals surface area (Å²) < 4.78 is 12.1. The number of aryl methyl sites for hydroxylation is 1. The molecule has 0 bridgehead atoms. The molecule has 1 aromatic carbocycles. The molecule has 2 heterocycles. The van der Waals surface area contributed by atoms with Gasteiger partial charge in [-0.05, 0) is 25.1 Å². The van der Waals surface area contributed by atoms with Crippen LogP contribution in [0.1, 0.15) is 17.3 Å². The quantitative estimate of drug-likeness (QED) is 0.837. The molecule has 1 N–H and O–H groups in total. The number of amides is 2. The van der Waals surface area contributed by atoms with Crippen LogP contribution in [0.2, 0.25) is 0 Å². The van der Waals surface area contributed by atoms with E-state index < -0.39 is 17.6 Å². The highest BCUT2D eigenvalue weighted by Crippen LogP contribution is 2.13. The molecular weight excluding hydrogens is 362 g/mol. The van der Waals surface area contributed by atoms with E-state index >= 15 is 0 Å². The molecule has 1 aliphatic heterocycles. The lowest BCUT2D eigenvalue weighted by Gasteiger charge is -2.27. The number of hydrogen-bond donors (Lipinski definition) is 1. The van der Waals surface area contributed by atoms with E-state index in [0.717, 1.165) is 0 Å². The standard InChI is InChI=1S/C20H23N3O5/c1-14(28-16-6-4-3-5-7-16)18(24)21-17-12-15(13-22(2)20(17)26)19(25)23-8-10-27-11-9-23/h3-7,12-14H,8-11H2,1-2H3,(H,21,24). The fourth-order valence-electron chi connectivity index (χ4n) is 2.86. The Balaban J connectivity index is 1.75. The molecule has 2 aromatic rings. The van der Waals surface area contributed by atoms with Crippen LogP contribution in [0.25, 0.3) is 0 Å². The Morgan fingerprint density at radius 2 is 1.86 bits per heavy atom. The summed E-state index contributed by atoms with van der Waals surface area (Å²) in [7, 11) is 1.54. The maximum atomic E-state index is 12.7. The van der Waals surface area contributed by atoms with Crippen molar-refractivity contribution in [1.29, 1.82) is 0 Å². The summed E-state index contributed by atoms with van der Waals surface area (Å²) in [6.45, 7) is 3.54. The monoisotopic (exact) mass is 385 g/mol. The molecule has 2 amide bonds. The first-order valence-electron chi connectivity index (χ1n) is 9.06. The SMILES string of the molecule is CC(Oc1ccccc1)C(=O)Nc1cc(C(=O)N2CCOCC2)cn(C)c1=O. The van der Waals surface area contributed by atoms with E-state index in [4.69, 9.17) is 9.47 Å². The molecule has 0 spiro atoms. The van der Waals surface area contributed by atoms with Crippen molar-refractivity contribution in [3.8, 4) is 5.75 Å². The molecule has 148 valence electrons. The van der Waals surface area contributed by atoms with E-state index in [0.29, 0.717) is 37.6 Å². The first-order valence-corrected chi connectivity index (χ1v) is 9.06. The van der Waals surface area contributed by atoms with Gasteiger partial charge in [-0.25, -0.2) is 0 Å².